The van der Waals surface area contributed by atoms with Crippen molar-refractivity contribution < 1.29 is 9.53 Å². The Labute approximate surface area is 185 Å². The van der Waals surface area contributed by atoms with Crippen LogP contribution in [-0.2, 0) is 5.41 Å². The molecule has 1 fully saturated rings. The molecule has 0 bridgehead atoms. The number of pyridine rings is 1. The molecule has 0 spiro atoms. The molecule has 2 heterocycles. The number of benzene rings is 1. The number of aromatic nitrogens is 1. The van der Waals surface area contributed by atoms with Crippen LogP contribution in [-0.4, -0.2) is 34.9 Å². The van der Waals surface area contributed by atoms with Gasteiger partial charge >= 0.3 is 0 Å². The monoisotopic (exact) mass is 439 g/mol. The van der Waals surface area contributed by atoms with Crippen molar-refractivity contribution in [2.45, 2.75) is 45.6 Å². The summed E-state index contributed by atoms with van der Waals surface area (Å²) in [6, 6.07) is 11.7. The summed E-state index contributed by atoms with van der Waals surface area (Å²) in [5.74, 6) is 1.60. The van der Waals surface area contributed by atoms with Gasteiger partial charge in [0.15, 0.2) is 0 Å². The fourth-order valence-corrected chi connectivity index (χ4v) is 3.47. The van der Waals surface area contributed by atoms with E-state index in [9.17, 15) is 4.79 Å². The van der Waals surface area contributed by atoms with Gasteiger partial charge in [-0.2, -0.15) is 0 Å². The van der Waals surface area contributed by atoms with Crippen LogP contribution in [0.25, 0.3) is 0 Å². The normalized spacial score (nSPS) is 18.6. The molecule has 1 saturated heterocycles. The first-order valence-corrected chi connectivity index (χ1v) is 9.53. The van der Waals surface area contributed by atoms with Crippen LogP contribution < -0.4 is 10.5 Å². The van der Waals surface area contributed by atoms with E-state index in [1.807, 2.05) is 17.0 Å². The summed E-state index contributed by atoms with van der Waals surface area (Å²) < 4.78 is 5.81. The van der Waals surface area contributed by atoms with Crippen LogP contribution >= 0.6 is 24.8 Å². The largest absolute Gasteiger partial charge is 0.439 e. The number of ether oxygens (including phenoxy) is 1. The average Bonchev–Trinajstić information content (AvgIpc) is 3.02. The average molecular weight is 440 g/mol. The minimum atomic E-state index is 0. The molecule has 29 heavy (non-hydrogen) atoms. The fourth-order valence-electron chi connectivity index (χ4n) is 3.47. The Morgan fingerprint density at radius 1 is 1.17 bits per heavy atom. The third kappa shape index (κ3) is 6.08. The van der Waals surface area contributed by atoms with Gasteiger partial charge in [0.1, 0.15) is 5.75 Å². The maximum atomic E-state index is 12.7. The molecule has 0 saturated carbocycles. The number of rotatable bonds is 4. The highest BCUT2D eigenvalue weighted by Crippen LogP contribution is 2.27. The molecular formula is C22H31Cl2N3O2. The number of amides is 1. The molecule has 1 amide bonds. The molecular weight excluding hydrogens is 409 g/mol. The van der Waals surface area contributed by atoms with E-state index in [1.54, 1.807) is 18.3 Å². The second-order valence-corrected chi connectivity index (χ2v) is 8.41. The SMILES string of the molecule is CC1CC(CN)CN1C(=O)c1ccc(Oc2ccc(C(C)(C)C)cc2)nc1.Cl.Cl. The van der Waals surface area contributed by atoms with Gasteiger partial charge in [-0.25, -0.2) is 4.98 Å². The zero-order chi connectivity index (χ0) is 19.6. The highest BCUT2D eigenvalue weighted by Gasteiger charge is 2.32. The predicted molar refractivity (Wildman–Crippen MR) is 122 cm³/mol. The van der Waals surface area contributed by atoms with Crippen molar-refractivity contribution in [3.05, 3.63) is 53.7 Å². The molecule has 3 rings (SSSR count). The topological polar surface area (TPSA) is 68.5 Å². The van der Waals surface area contributed by atoms with Crippen molar-refractivity contribution in [3.8, 4) is 11.6 Å². The number of nitrogens with zero attached hydrogens (tertiary/aromatic N) is 2. The summed E-state index contributed by atoms with van der Waals surface area (Å²) in [7, 11) is 0. The summed E-state index contributed by atoms with van der Waals surface area (Å²) in [4.78, 5) is 18.9. The van der Waals surface area contributed by atoms with E-state index >= 15 is 0 Å². The molecule has 1 aromatic carbocycles. The number of nitrogens with two attached hydrogens (primary N) is 1. The van der Waals surface area contributed by atoms with Crippen LogP contribution in [0.3, 0.4) is 0 Å². The van der Waals surface area contributed by atoms with Gasteiger partial charge in [-0.15, -0.1) is 24.8 Å². The van der Waals surface area contributed by atoms with Gasteiger partial charge in [0.25, 0.3) is 5.91 Å². The van der Waals surface area contributed by atoms with Crippen LogP contribution in [0.1, 0.15) is 50.0 Å². The standard InChI is InChI=1S/C22H29N3O2.2ClH/c1-15-11-16(12-23)14-25(15)21(26)17-5-10-20(24-13-17)27-19-8-6-18(7-9-19)22(2,3)4;;/h5-10,13,15-16H,11-12,14,23H2,1-4H3;2*1H. The van der Waals surface area contributed by atoms with Gasteiger partial charge in [-0.1, -0.05) is 32.9 Å². The summed E-state index contributed by atoms with van der Waals surface area (Å²) >= 11 is 0. The van der Waals surface area contributed by atoms with Gasteiger partial charge in [0.2, 0.25) is 5.88 Å². The Kier molecular flexibility index (Phi) is 8.94. The summed E-state index contributed by atoms with van der Waals surface area (Å²) in [6.07, 6.45) is 2.55. The van der Waals surface area contributed by atoms with E-state index in [0.29, 0.717) is 23.9 Å². The second-order valence-electron chi connectivity index (χ2n) is 8.41. The van der Waals surface area contributed by atoms with E-state index in [2.05, 4.69) is 44.8 Å². The van der Waals surface area contributed by atoms with E-state index in [1.165, 1.54) is 5.56 Å². The molecule has 0 radical (unpaired) electrons. The van der Waals surface area contributed by atoms with Crippen molar-refractivity contribution in [2.24, 2.45) is 11.7 Å². The number of carbonyl (C=O) groups excluding carboxylic acids is 1. The van der Waals surface area contributed by atoms with Crippen LogP contribution in [0, 0.1) is 5.92 Å². The second kappa shape index (κ2) is 10.3. The predicted octanol–water partition coefficient (Wildman–Crippen LogP) is 4.82. The van der Waals surface area contributed by atoms with Crippen molar-refractivity contribution in [1.29, 1.82) is 0 Å². The Morgan fingerprint density at radius 2 is 1.83 bits per heavy atom. The van der Waals surface area contributed by atoms with Gasteiger partial charge in [0, 0.05) is 24.8 Å². The minimum Gasteiger partial charge on any atom is -0.439 e. The zero-order valence-corrected chi connectivity index (χ0v) is 19.1. The van der Waals surface area contributed by atoms with E-state index in [-0.39, 0.29) is 42.2 Å². The van der Waals surface area contributed by atoms with E-state index < -0.39 is 0 Å². The molecule has 2 atom stereocenters. The van der Waals surface area contributed by atoms with Crippen LogP contribution in [0.5, 0.6) is 11.6 Å². The zero-order valence-electron chi connectivity index (χ0n) is 17.4. The Bertz CT molecular complexity index is 789. The molecule has 2 aromatic rings. The smallest absolute Gasteiger partial charge is 0.255 e. The lowest BCUT2D eigenvalue weighted by Crippen LogP contribution is -2.34. The number of likely N-dealkylation sites (tertiary alicyclic amines) is 1. The molecule has 0 aliphatic carbocycles. The maximum Gasteiger partial charge on any atom is 0.255 e. The third-order valence-electron chi connectivity index (χ3n) is 5.18. The molecule has 1 aliphatic rings. The first-order chi connectivity index (χ1) is 12.8. The van der Waals surface area contributed by atoms with Gasteiger partial charge in [-0.3, -0.25) is 4.79 Å². The van der Waals surface area contributed by atoms with Crippen LogP contribution in [0.4, 0.5) is 0 Å². The number of hydrogen-bond donors (Lipinski definition) is 1. The molecule has 160 valence electrons. The van der Waals surface area contributed by atoms with Crippen molar-refractivity contribution in [2.75, 3.05) is 13.1 Å². The molecule has 7 heteroatoms. The Hall–Kier alpha value is -1.82. The van der Waals surface area contributed by atoms with Gasteiger partial charge < -0.3 is 15.4 Å². The maximum absolute atomic E-state index is 12.7. The van der Waals surface area contributed by atoms with Crippen LogP contribution in [0.2, 0.25) is 0 Å². The lowest BCUT2D eigenvalue weighted by molar-refractivity contribution is 0.0743. The summed E-state index contributed by atoms with van der Waals surface area (Å²) in [5.41, 5.74) is 7.69. The summed E-state index contributed by atoms with van der Waals surface area (Å²) in [5, 5.41) is 0. The molecule has 1 aromatic heterocycles. The van der Waals surface area contributed by atoms with Gasteiger partial charge in [0.05, 0.1) is 5.56 Å². The highest BCUT2D eigenvalue weighted by molar-refractivity contribution is 5.94. The van der Waals surface area contributed by atoms with Crippen molar-refractivity contribution in [1.82, 2.24) is 9.88 Å². The molecule has 5 nitrogen and oxygen atoms in total. The van der Waals surface area contributed by atoms with E-state index in [0.717, 1.165) is 18.7 Å². The lowest BCUT2D eigenvalue weighted by Gasteiger charge is -2.21. The Morgan fingerprint density at radius 3 is 2.31 bits per heavy atom. The lowest BCUT2D eigenvalue weighted by atomic mass is 9.87. The van der Waals surface area contributed by atoms with Gasteiger partial charge in [-0.05, 0) is 55.0 Å². The summed E-state index contributed by atoms with van der Waals surface area (Å²) in [6.45, 7) is 9.94. The number of carbonyl (C=O) groups is 1. The first-order valence-electron chi connectivity index (χ1n) is 9.53. The van der Waals surface area contributed by atoms with Crippen molar-refractivity contribution >= 4 is 30.7 Å². The minimum absolute atomic E-state index is 0. The molecule has 1 aliphatic heterocycles. The number of halogens is 2. The first kappa shape index (κ1) is 25.2. The van der Waals surface area contributed by atoms with Crippen LogP contribution in [0.15, 0.2) is 42.6 Å². The fraction of sp³-hybridized carbons (Fsp3) is 0.455. The number of hydrogen-bond acceptors (Lipinski definition) is 4. The highest BCUT2D eigenvalue weighted by atomic mass is 35.5. The third-order valence-corrected chi connectivity index (χ3v) is 5.18. The molecule has 2 N–H and O–H groups in total. The molecule has 2 unspecified atom stereocenters. The van der Waals surface area contributed by atoms with E-state index in [4.69, 9.17) is 10.5 Å². The quantitative estimate of drug-likeness (QED) is 0.740. The van der Waals surface area contributed by atoms with Crippen molar-refractivity contribution in [3.63, 3.8) is 0 Å². The Balaban J connectivity index is 0.00000210.